The molecule has 0 fully saturated rings. The molecule has 5 aromatic rings. The van der Waals surface area contributed by atoms with Crippen LogP contribution in [-0.2, 0) is 11.2 Å². The molecule has 36 heavy (non-hydrogen) atoms. The number of rotatable bonds is 8. The number of hydrogen-bond acceptors (Lipinski definition) is 3. The monoisotopic (exact) mass is 497 g/mol. The summed E-state index contributed by atoms with van der Waals surface area (Å²) in [6.07, 6.45) is 2.25. The van der Waals surface area contributed by atoms with Crippen LogP contribution in [0.15, 0.2) is 96.5 Å². The molecule has 0 aliphatic carbocycles. The van der Waals surface area contributed by atoms with E-state index in [1.165, 1.54) is 17.7 Å². The normalized spacial score (nSPS) is 12.5. The highest BCUT2D eigenvalue weighted by molar-refractivity contribution is 7.10. The second-order valence-electron chi connectivity index (χ2n) is 9.72. The van der Waals surface area contributed by atoms with Crippen molar-refractivity contribution in [1.29, 1.82) is 0 Å². The lowest BCUT2D eigenvalue weighted by Crippen LogP contribution is -2.38. The number of halogens is 1. The minimum Gasteiger partial charge on any atom is -0.355 e. The Kier molecular flexibility index (Phi) is 6.70. The SMILES string of the molecule is CC(C)(CNC(=O)Cc1cccs1)C(c1ccccc1)c1ccc2c(cnn2-c2ccc(F)cc2)c1. The Morgan fingerprint density at radius 2 is 1.78 bits per heavy atom. The number of nitrogens with one attached hydrogen (secondary N) is 1. The highest BCUT2D eigenvalue weighted by Crippen LogP contribution is 2.41. The first-order valence-corrected chi connectivity index (χ1v) is 12.9. The molecule has 0 aliphatic rings. The largest absolute Gasteiger partial charge is 0.355 e. The average molecular weight is 498 g/mol. The standard InChI is InChI=1S/C30H28FN3OS/c1-30(2,20-32-28(35)18-26-9-6-16-36-26)29(21-7-4-3-5-8-21)22-10-15-27-23(17-22)19-33-34(27)25-13-11-24(31)12-14-25/h3-17,19,29H,18,20H2,1-2H3,(H,32,35). The molecule has 0 saturated carbocycles. The van der Waals surface area contributed by atoms with Crippen molar-refractivity contribution in [3.05, 3.63) is 118 Å². The van der Waals surface area contributed by atoms with Crippen LogP contribution in [0.5, 0.6) is 0 Å². The molecule has 4 nitrogen and oxygen atoms in total. The molecular formula is C30H28FN3OS. The molecule has 1 amide bonds. The Balaban J connectivity index is 1.45. The second kappa shape index (κ2) is 10.1. The van der Waals surface area contributed by atoms with E-state index in [4.69, 9.17) is 0 Å². The Morgan fingerprint density at radius 1 is 1.00 bits per heavy atom. The van der Waals surface area contributed by atoms with Gasteiger partial charge in [-0.05, 0) is 64.4 Å². The zero-order chi connectivity index (χ0) is 25.1. The van der Waals surface area contributed by atoms with Crippen LogP contribution in [0.2, 0.25) is 0 Å². The van der Waals surface area contributed by atoms with Gasteiger partial charge in [0.05, 0.1) is 23.8 Å². The molecule has 6 heteroatoms. The Labute approximate surface area is 214 Å². The van der Waals surface area contributed by atoms with Crippen molar-refractivity contribution in [2.45, 2.75) is 26.2 Å². The fraction of sp³-hybridized carbons (Fsp3) is 0.200. The van der Waals surface area contributed by atoms with Crippen LogP contribution >= 0.6 is 11.3 Å². The topological polar surface area (TPSA) is 46.9 Å². The summed E-state index contributed by atoms with van der Waals surface area (Å²) in [6, 6.07) is 27.1. The summed E-state index contributed by atoms with van der Waals surface area (Å²) in [6.45, 7) is 4.94. The number of benzene rings is 3. The summed E-state index contributed by atoms with van der Waals surface area (Å²) >= 11 is 1.60. The maximum atomic E-state index is 13.4. The van der Waals surface area contributed by atoms with E-state index in [0.29, 0.717) is 13.0 Å². The van der Waals surface area contributed by atoms with Gasteiger partial charge < -0.3 is 5.32 Å². The Morgan fingerprint density at radius 3 is 2.50 bits per heavy atom. The first-order chi connectivity index (χ1) is 17.4. The quantitative estimate of drug-likeness (QED) is 0.258. The molecule has 3 aromatic carbocycles. The molecule has 1 atom stereocenters. The zero-order valence-corrected chi connectivity index (χ0v) is 21.1. The molecule has 1 unspecified atom stereocenters. The number of carbonyl (C=O) groups excluding carboxylic acids is 1. The van der Waals surface area contributed by atoms with Gasteiger partial charge in [0.25, 0.3) is 0 Å². The molecule has 2 aromatic heterocycles. The van der Waals surface area contributed by atoms with E-state index >= 15 is 0 Å². The fourth-order valence-corrected chi connectivity index (χ4v) is 5.53. The van der Waals surface area contributed by atoms with Crippen molar-refractivity contribution >= 4 is 28.1 Å². The Bertz CT molecular complexity index is 1460. The number of fused-ring (bicyclic) bond motifs is 1. The van der Waals surface area contributed by atoms with Gasteiger partial charge in [0.15, 0.2) is 0 Å². The maximum Gasteiger partial charge on any atom is 0.225 e. The molecule has 0 bridgehead atoms. The molecule has 0 saturated heterocycles. The van der Waals surface area contributed by atoms with Gasteiger partial charge in [0.1, 0.15) is 5.82 Å². The maximum absolute atomic E-state index is 13.4. The number of hydrogen-bond donors (Lipinski definition) is 1. The number of nitrogens with zero attached hydrogens (tertiary/aromatic N) is 2. The molecular weight excluding hydrogens is 469 g/mol. The van der Waals surface area contributed by atoms with E-state index in [0.717, 1.165) is 27.0 Å². The molecule has 0 spiro atoms. The van der Waals surface area contributed by atoms with E-state index in [2.05, 4.69) is 66.7 Å². The lowest BCUT2D eigenvalue weighted by Gasteiger charge is -2.35. The summed E-state index contributed by atoms with van der Waals surface area (Å²) in [4.78, 5) is 13.7. The van der Waals surface area contributed by atoms with Gasteiger partial charge >= 0.3 is 0 Å². The molecule has 5 rings (SSSR count). The van der Waals surface area contributed by atoms with Gasteiger partial charge in [-0.25, -0.2) is 9.07 Å². The first kappa shape index (κ1) is 23.9. The van der Waals surface area contributed by atoms with Gasteiger partial charge in [0, 0.05) is 22.7 Å². The van der Waals surface area contributed by atoms with Crippen molar-refractivity contribution in [3.8, 4) is 5.69 Å². The number of carbonyl (C=O) groups is 1. The number of thiophene rings is 1. The fourth-order valence-electron chi connectivity index (χ4n) is 4.82. The summed E-state index contributed by atoms with van der Waals surface area (Å²) < 4.78 is 15.2. The second-order valence-corrected chi connectivity index (χ2v) is 10.7. The van der Waals surface area contributed by atoms with E-state index in [-0.39, 0.29) is 23.1 Å². The third kappa shape index (κ3) is 5.09. The minimum atomic E-state index is -0.270. The van der Waals surface area contributed by atoms with Crippen LogP contribution in [0.1, 0.15) is 35.8 Å². The van der Waals surface area contributed by atoms with Crippen molar-refractivity contribution < 1.29 is 9.18 Å². The number of amides is 1. The summed E-state index contributed by atoms with van der Waals surface area (Å²) in [5.74, 6) is -0.180. The zero-order valence-electron chi connectivity index (χ0n) is 20.3. The highest BCUT2D eigenvalue weighted by Gasteiger charge is 2.33. The summed E-state index contributed by atoms with van der Waals surface area (Å²) in [7, 11) is 0. The van der Waals surface area contributed by atoms with Crippen LogP contribution in [0.3, 0.4) is 0 Å². The van der Waals surface area contributed by atoms with Gasteiger partial charge in [-0.2, -0.15) is 5.10 Å². The van der Waals surface area contributed by atoms with Crippen LogP contribution < -0.4 is 5.32 Å². The van der Waals surface area contributed by atoms with Gasteiger partial charge in [-0.15, -0.1) is 11.3 Å². The molecule has 2 heterocycles. The summed E-state index contributed by atoms with van der Waals surface area (Å²) in [5, 5.41) is 10.7. The third-order valence-electron chi connectivity index (χ3n) is 6.57. The molecule has 182 valence electrons. The predicted molar refractivity (Wildman–Crippen MR) is 144 cm³/mol. The highest BCUT2D eigenvalue weighted by atomic mass is 32.1. The van der Waals surface area contributed by atoms with E-state index < -0.39 is 0 Å². The Hall–Kier alpha value is -3.77. The van der Waals surface area contributed by atoms with E-state index in [1.807, 2.05) is 34.5 Å². The first-order valence-electron chi connectivity index (χ1n) is 12.0. The minimum absolute atomic E-state index is 0.0355. The van der Waals surface area contributed by atoms with Crippen LogP contribution in [0.4, 0.5) is 4.39 Å². The number of aromatic nitrogens is 2. The van der Waals surface area contributed by atoms with E-state index in [9.17, 15) is 9.18 Å². The van der Waals surface area contributed by atoms with Crippen LogP contribution in [0.25, 0.3) is 16.6 Å². The van der Waals surface area contributed by atoms with Crippen molar-refractivity contribution in [2.75, 3.05) is 6.54 Å². The molecule has 0 aliphatic heterocycles. The smallest absolute Gasteiger partial charge is 0.225 e. The van der Waals surface area contributed by atoms with Crippen molar-refractivity contribution in [1.82, 2.24) is 15.1 Å². The van der Waals surface area contributed by atoms with Crippen LogP contribution in [-0.4, -0.2) is 22.2 Å². The van der Waals surface area contributed by atoms with Crippen molar-refractivity contribution in [2.24, 2.45) is 5.41 Å². The lowest BCUT2D eigenvalue weighted by molar-refractivity contribution is -0.120. The third-order valence-corrected chi connectivity index (χ3v) is 7.44. The predicted octanol–water partition coefficient (Wildman–Crippen LogP) is 6.74. The van der Waals surface area contributed by atoms with Gasteiger partial charge in [-0.1, -0.05) is 56.3 Å². The van der Waals surface area contributed by atoms with E-state index in [1.54, 1.807) is 23.5 Å². The molecule has 0 radical (unpaired) electrons. The van der Waals surface area contributed by atoms with Crippen molar-refractivity contribution in [3.63, 3.8) is 0 Å². The lowest BCUT2D eigenvalue weighted by atomic mass is 9.71. The average Bonchev–Trinajstić information content (AvgIpc) is 3.54. The molecule has 1 N–H and O–H groups in total. The summed E-state index contributed by atoms with van der Waals surface area (Å²) in [5.41, 5.74) is 3.87. The van der Waals surface area contributed by atoms with Gasteiger partial charge in [-0.3, -0.25) is 4.79 Å². The van der Waals surface area contributed by atoms with Gasteiger partial charge in [0.2, 0.25) is 5.91 Å². The van der Waals surface area contributed by atoms with Crippen LogP contribution in [0, 0.1) is 11.2 Å².